The highest BCUT2D eigenvalue weighted by Crippen LogP contribution is 2.31. The molecule has 1 aromatic heterocycles. The zero-order valence-electron chi connectivity index (χ0n) is 9.98. The molecule has 18 heavy (non-hydrogen) atoms. The summed E-state index contributed by atoms with van der Waals surface area (Å²) < 4.78 is 1.80. The van der Waals surface area contributed by atoms with E-state index in [1.807, 2.05) is 13.1 Å². The molecule has 2 aromatic rings. The van der Waals surface area contributed by atoms with E-state index in [4.69, 9.17) is 23.2 Å². The van der Waals surface area contributed by atoms with Crippen LogP contribution in [0.1, 0.15) is 23.8 Å². The largest absolute Gasteiger partial charge is 0.388 e. The first kappa shape index (κ1) is 13.4. The molecule has 2 rings (SSSR count). The fourth-order valence-electron chi connectivity index (χ4n) is 1.86. The Balaban J connectivity index is 2.06. The van der Waals surface area contributed by atoms with Crippen LogP contribution in [0.15, 0.2) is 30.5 Å². The van der Waals surface area contributed by atoms with Crippen molar-refractivity contribution in [3.05, 3.63) is 51.8 Å². The number of aryl methyl sites for hydroxylation is 2. The Labute approximate surface area is 116 Å². The summed E-state index contributed by atoms with van der Waals surface area (Å²) in [6.07, 6.45) is 2.44. The van der Waals surface area contributed by atoms with E-state index < -0.39 is 6.10 Å². The van der Waals surface area contributed by atoms with Crippen LogP contribution < -0.4 is 0 Å². The summed E-state index contributed by atoms with van der Waals surface area (Å²) in [7, 11) is 1.88. The summed E-state index contributed by atoms with van der Waals surface area (Å²) in [5.41, 5.74) is 1.75. The van der Waals surface area contributed by atoms with Crippen molar-refractivity contribution in [3.63, 3.8) is 0 Å². The van der Waals surface area contributed by atoms with Crippen molar-refractivity contribution < 1.29 is 5.11 Å². The normalized spacial score (nSPS) is 12.7. The van der Waals surface area contributed by atoms with E-state index in [1.54, 1.807) is 29.1 Å². The van der Waals surface area contributed by atoms with Crippen LogP contribution in [-0.4, -0.2) is 14.9 Å². The van der Waals surface area contributed by atoms with Gasteiger partial charge in [0.05, 0.1) is 16.1 Å². The second-order valence-electron chi connectivity index (χ2n) is 4.14. The first-order chi connectivity index (χ1) is 8.59. The van der Waals surface area contributed by atoms with E-state index in [1.165, 1.54) is 0 Å². The van der Waals surface area contributed by atoms with Gasteiger partial charge >= 0.3 is 0 Å². The fourth-order valence-corrected chi connectivity index (χ4v) is 2.30. The third-order valence-electron chi connectivity index (χ3n) is 2.94. The minimum atomic E-state index is -0.619. The van der Waals surface area contributed by atoms with E-state index in [-0.39, 0.29) is 0 Å². The van der Waals surface area contributed by atoms with Crippen molar-refractivity contribution in [2.24, 2.45) is 7.05 Å². The summed E-state index contributed by atoms with van der Waals surface area (Å²) in [5.74, 6) is 0. The molecular weight excluding hydrogens is 271 g/mol. The van der Waals surface area contributed by atoms with E-state index >= 15 is 0 Å². The Bertz CT molecular complexity index is 540. The first-order valence-electron chi connectivity index (χ1n) is 5.68. The van der Waals surface area contributed by atoms with Crippen LogP contribution in [0, 0.1) is 0 Å². The van der Waals surface area contributed by atoms with Gasteiger partial charge in [-0.15, -0.1) is 0 Å². The lowest BCUT2D eigenvalue weighted by Crippen LogP contribution is -2.04. The molecule has 0 aliphatic carbocycles. The first-order valence-corrected chi connectivity index (χ1v) is 6.44. The van der Waals surface area contributed by atoms with Crippen LogP contribution >= 0.6 is 23.2 Å². The van der Waals surface area contributed by atoms with Gasteiger partial charge in [0.1, 0.15) is 0 Å². The van der Waals surface area contributed by atoms with Gasteiger partial charge in [-0.05, 0) is 25.0 Å². The van der Waals surface area contributed by atoms with Gasteiger partial charge in [0.2, 0.25) is 0 Å². The summed E-state index contributed by atoms with van der Waals surface area (Å²) in [6.45, 7) is 0. The van der Waals surface area contributed by atoms with Gasteiger partial charge in [0.25, 0.3) is 0 Å². The summed E-state index contributed by atoms with van der Waals surface area (Å²) in [6, 6.07) is 7.23. The zero-order chi connectivity index (χ0) is 13.1. The van der Waals surface area contributed by atoms with Gasteiger partial charge in [0.15, 0.2) is 0 Å². The van der Waals surface area contributed by atoms with Crippen LogP contribution in [0.25, 0.3) is 0 Å². The molecule has 0 aliphatic heterocycles. The molecule has 5 heteroatoms. The monoisotopic (exact) mass is 284 g/mol. The minimum Gasteiger partial charge on any atom is -0.388 e. The predicted molar refractivity (Wildman–Crippen MR) is 73.0 cm³/mol. The SMILES string of the molecule is Cn1nccc1CCC(O)c1cccc(Cl)c1Cl. The molecule has 0 amide bonds. The van der Waals surface area contributed by atoms with E-state index in [2.05, 4.69) is 5.10 Å². The van der Waals surface area contributed by atoms with Gasteiger partial charge in [0, 0.05) is 24.5 Å². The van der Waals surface area contributed by atoms with Crippen molar-refractivity contribution in [3.8, 4) is 0 Å². The van der Waals surface area contributed by atoms with Crippen LogP contribution in [0.5, 0.6) is 0 Å². The molecule has 0 spiro atoms. The number of aliphatic hydroxyl groups excluding tert-OH is 1. The second-order valence-corrected chi connectivity index (χ2v) is 4.93. The number of hydrogen-bond acceptors (Lipinski definition) is 2. The van der Waals surface area contributed by atoms with E-state index in [0.717, 1.165) is 12.1 Å². The van der Waals surface area contributed by atoms with Crippen molar-refractivity contribution in [1.29, 1.82) is 0 Å². The standard InChI is InChI=1S/C13H14Cl2N2O/c1-17-9(7-8-16-17)5-6-12(18)10-3-2-4-11(14)13(10)15/h2-4,7-8,12,18H,5-6H2,1H3. The molecule has 0 radical (unpaired) electrons. The Morgan fingerprint density at radius 3 is 2.78 bits per heavy atom. The molecule has 1 N–H and O–H groups in total. The molecule has 0 aliphatic rings. The number of rotatable bonds is 4. The number of hydrogen-bond donors (Lipinski definition) is 1. The van der Waals surface area contributed by atoms with E-state index in [0.29, 0.717) is 22.0 Å². The van der Waals surface area contributed by atoms with Crippen molar-refractivity contribution >= 4 is 23.2 Å². The molecule has 1 atom stereocenters. The Hall–Kier alpha value is -1.03. The number of aliphatic hydroxyl groups is 1. The number of halogens is 2. The summed E-state index contributed by atoms with van der Waals surface area (Å²) in [5, 5.41) is 15.1. The maximum Gasteiger partial charge on any atom is 0.0808 e. The van der Waals surface area contributed by atoms with Crippen LogP contribution in [0.3, 0.4) is 0 Å². The lowest BCUT2D eigenvalue weighted by atomic mass is 10.0. The molecule has 0 saturated heterocycles. The Kier molecular flexibility index (Phi) is 4.27. The van der Waals surface area contributed by atoms with Crippen molar-refractivity contribution in [1.82, 2.24) is 9.78 Å². The topological polar surface area (TPSA) is 38.0 Å². The summed E-state index contributed by atoms with van der Waals surface area (Å²) in [4.78, 5) is 0. The van der Waals surface area contributed by atoms with Gasteiger partial charge in [-0.25, -0.2) is 0 Å². The maximum absolute atomic E-state index is 10.1. The van der Waals surface area contributed by atoms with Crippen LogP contribution in [-0.2, 0) is 13.5 Å². The highest BCUT2D eigenvalue weighted by atomic mass is 35.5. The van der Waals surface area contributed by atoms with Crippen LogP contribution in [0.2, 0.25) is 10.0 Å². The van der Waals surface area contributed by atoms with E-state index in [9.17, 15) is 5.11 Å². The third-order valence-corrected chi connectivity index (χ3v) is 3.77. The van der Waals surface area contributed by atoms with Gasteiger partial charge < -0.3 is 5.11 Å². The van der Waals surface area contributed by atoms with Crippen molar-refractivity contribution in [2.75, 3.05) is 0 Å². The molecule has 0 bridgehead atoms. The predicted octanol–water partition coefficient (Wildman–Crippen LogP) is 3.39. The second kappa shape index (κ2) is 5.74. The number of benzene rings is 1. The molecule has 3 nitrogen and oxygen atoms in total. The molecule has 1 unspecified atom stereocenters. The number of aromatic nitrogens is 2. The molecule has 96 valence electrons. The molecule has 1 aromatic carbocycles. The van der Waals surface area contributed by atoms with Crippen molar-refractivity contribution in [2.45, 2.75) is 18.9 Å². The fraction of sp³-hybridized carbons (Fsp3) is 0.308. The molecule has 0 fully saturated rings. The Morgan fingerprint density at radius 1 is 1.33 bits per heavy atom. The number of nitrogens with zero attached hydrogens (tertiary/aromatic N) is 2. The Morgan fingerprint density at radius 2 is 2.11 bits per heavy atom. The van der Waals surface area contributed by atoms with Gasteiger partial charge in [-0.1, -0.05) is 35.3 Å². The van der Waals surface area contributed by atoms with Crippen LogP contribution in [0.4, 0.5) is 0 Å². The zero-order valence-corrected chi connectivity index (χ0v) is 11.5. The lowest BCUT2D eigenvalue weighted by Gasteiger charge is -2.13. The molecule has 0 saturated carbocycles. The maximum atomic E-state index is 10.1. The summed E-state index contributed by atoms with van der Waals surface area (Å²) >= 11 is 12.0. The highest BCUT2D eigenvalue weighted by Gasteiger charge is 2.14. The average Bonchev–Trinajstić information content (AvgIpc) is 2.75. The van der Waals surface area contributed by atoms with Gasteiger partial charge in [-0.2, -0.15) is 5.10 Å². The minimum absolute atomic E-state index is 0.427. The highest BCUT2D eigenvalue weighted by molar-refractivity contribution is 6.42. The average molecular weight is 285 g/mol. The smallest absolute Gasteiger partial charge is 0.0808 e. The molecule has 1 heterocycles. The molecular formula is C13H14Cl2N2O. The third kappa shape index (κ3) is 2.86. The quantitative estimate of drug-likeness (QED) is 0.935. The van der Waals surface area contributed by atoms with Gasteiger partial charge in [-0.3, -0.25) is 4.68 Å². The lowest BCUT2D eigenvalue weighted by molar-refractivity contribution is 0.167.